The molecule has 1 aliphatic carbocycles. The van der Waals surface area contributed by atoms with Crippen molar-refractivity contribution in [3.63, 3.8) is 0 Å². The molecule has 2 heteroatoms. The quantitative estimate of drug-likeness (QED) is 0.650. The van der Waals surface area contributed by atoms with E-state index in [2.05, 4.69) is 31.0 Å². The molecule has 0 aliphatic heterocycles. The van der Waals surface area contributed by atoms with Gasteiger partial charge in [-0.05, 0) is 30.2 Å². The number of fused-ring (bicyclic) bond motifs is 1. The van der Waals surface area contributed by atoms with Gasteiger partial charge in [-0.15, -0.1) is 0 Å². The summed E-state index contributed by atoms with van der Waals surface area (Å²) in [5, 5.41) is 7.31. The van der Waals surface area contributed by atoms with E-state index in [1.165, 1.54) is 30.5 Å². The summed E-state index contributed by atoms with van der Waals surface area (Å²) in [6.07, 6.45) is 5.82. The highest BCUT2D eigenvalue weighted by Gasteiger charge is 2.31. The SMILES string of the molecule is CC(C)(C)C1CCCc2cn[nH]c21. The third kappa shape index (κ3) is 1.50. The first-order chi connectivity index (χ1) is 6.09. The third-order valence-corrected chi connectivity index (χ3v) is 3.08. The Hall–Kier alpha value is -0.790. The van der Waals surface area contributed by atoms with Crippen molar-refractivity contribution in [2.75, 3.05) is 0 Å². The van der Waals surface area contributed by atoms with Crippen molar-refractivity contribution in [1.82, 2.24) is 10.2 Å². The highest BCUT2D eigenvalue weighted by Crippen LogP contribution is 2.42. The normalized spacial score (nSPS) is 22.8. The largest absolute Gasteiger partial charge is 0.282 e. The van der Waals surface area contributed by atoms with Gasteiger partial charge in [-0.2, -0.15) is 5.10 Å². The zero-order valence-corrected chi connectivity index (χ0v) is 8.72. The molecule has 1 aliphatic rings. The van der Waals surface area contributed by atoms with Gasteiger partial charge in [0.1, 0.15) is 0 Å². The van der Waals surface area contributed by atoms with Gasteiger partial charge >= 0.3 is 0 Å². The van der Waals surface area contributed by atoms with Crippen LogP contribution < -0.4 is 0 Å². The summed E-state index contributed by atoms with van der Waals surface area (Å²) in [5.41, 5.74) is 3.19. The van der Waals surface area contributed by atoms with E-state index in [1.807, 2.05) is 6.20 Å². The van der Waals surface area contributed by atoms with Gasteiger partial charge in [-0.3, -0.25) is 5.10 Å². The number of hydrogen-bond donors (Lipinski definition) is 1. The molecule has 0 fully saturated rings. The molecule has 1 unspecified atom stereocenters. The lowest BCUT2D eigenvalue weighted by molar-refractivity contribution is 0.284. The summed E-state index contributed by atoms with van der Waals surface area (Å²) >= 11 is 0. The molecule has 0 saturated carbocycles. The van der Waals surface area contributed by atoms with Gasteiger partial charge in [-0.25, -0.2) is 0 Å². The van der Waals surface area contributed by atoms with E-state index in [0.717, 1.165) is 0 Å². The Bertz CT molecular complexity index is 293. The van der Waals surface area contributed by atoms with E-state index >= 15 is 0 Å². The summed E-state index contributed by atoms with van der Waals surface area (Å²) in [6.45, 7) is 6.94. The van der Waals surface area contributed by atoms with Gasteiger partial charge in [0.15, 0.2) is 0 Å². The molecule has 2 nitrogen and oxygen atoms in total. The maximum atomic E-state index is 4.14. The van der Waals surface area contributed by atoms with Gasteiger partial charge in [0.05, 0.1) is 6.20 Å². The number of H-pyrrole nitrogens is 1. The molecule has 1 heterocycles. The molecular formula is C11H18N2. The molecule has 1 atom stereocenters. The van der Waals surface area contributed by atoms with Gasteiger partial charge in [0, 0.05) is 11.6 Å². The van der Waals surface area contributed by atoms with Crippen LogP contribution >= 0.6 is 0 Å². The molecule has 1 aromatic heterocycles. The minimum Gasteiger partial charge on any atom is -0.282 e. The molecule has 0 saturated heterocycles. The molecule has 2 rings (SSSR count). The van der Waals surface area contributed by atoms with Crippen molar-refractivity contribution < 1.29 is 0 Å². The van der Waals surface area contributed by atoms with Crippen LogP contribution in [-0.4, -0.2) is 10.2 Å². The lowest BCUT2D eigenvalue weighted by Crippen LogP contribution is -2.22. The van der Waals surface area contributed by atoms with Crippen LogP contribution in [0.2, 0.25) is 0 Å². The predicted octanol–water partition coefficient (Wildman–Crippen LogP) is 2.88. The summed E-state index contributed by atoms with van der Waals surface area (Å²) in [5.74, 6) is 0.666. The van der Waals surface area contributed by atoms with Crippen LogP contribution in [0.4, 0.5) is 0 Å². The second-order valence-electron chi connectivity index (χ2n) is 5.12. The lowest BCUT2D eigenvalue weighted by Gasteiger charge is -2.33. The molecule has 0 bridgehead atoms. The zero-order valence-electron chi connectivity index (χ0n) is 8.72. The Morgan fingerprint density at radius 1 is 1.46 bits per heavy atom. The molecular weight excluding hydrogens is 160 g/mol. The zero-order chi connectivity index (χ0) is 9.47. The van der Waals surface area contributed by atoms with Crippen LogP contribution in [0.3, 0.4) is 0 Å². The average molecular weight is 178 g/mol. The van der Waals surface area contributed by atoms with E-state index < -0.39 is 0 Å². The maximum Gasteiger partial charge on any atom is 0.0522 e. The average Bonchev–Trinajstić information content (AvgIpc) is 2.48. The van der Waals surface area contributed by atoms with Crippen LogP contribution in [-0.2, 0) is 6.42 Å². The first kappa shape index (κ1) is 8.79. The third-order valence-electron chi connectivity index (χ3n) is 3.08. The summed E-state index contributed by atoms with van der Waals surface area (Å²) in [7, 11) is 0. The van der Waals surface area contributed by atoms with E-state index in [1.54, 1.807) is 0 Å². The number of aryl methyl sites for hydroxylation is 1. The molecule has 0 amide bonds. The molecule has 1 N–H and O–H groups in total. The fourth-order valence-corrected chi connectivity index (χ4v) is 2.33. The summed E-state index contributed by atoms with van der Waals surface area (Å²) in [4.78, 5) is 0. The maximum absolute atomic E-state index is 4.14. The van der Waals surface area contributed by atoms with E-state index in [0.29, 0.717) is 11.3 Å². The Balaban J connectivity index is 2.35. The van der Waals surface area contributed by atoms with E-state index in [9.17, 15) is 0 Å². The number of rotatable bonds is 0. The van der Waals surface area contributed by atoms with Gasteiger partial charge in [-0.1, -0.05) is 20.8 Å². The van der Waals surface area contributed by atoms with Crippen LogP contribution in [0, 0.1) is 5.41 Å². The monoisotopic (exact) mass is 178 g/mol. The van der Waals surface area contributed by atoms with Crippen molar-refractivity contribution in [3.8, 4) is 0 Å². The molecule has 13 heavy (non-hydrogen) atoms. The summed E-state index contributed by atoms with van der Waals surface area (Å²) in [6, 6.07) is 0. The molecule has 0 radical (unpaired) electrons. The highest BCUT2D eigenvalue weighted by molar-refractivity contribution is 5.25. The van der Waals surface area contributed by atoms with Crippen molar-refractivity contribution in [2.24, 2.45) is 5.41 Å². The van der Waals surface area contributed by atoms with Crippen molar-refractivity contribution >= 4 is 0 Å². The molecule has 0 spiro atoms. The van der Waals surface area contributed by atoms with Gasteiger partial charge in [0.25, 0.3) is 0 Å². The van der Waals surface area contributed by atoms with Crippen LogP contribution in [0.25, 0.3) is 0 Å². The van der Waals surface area contributed by atoms with Crippen molar-refractivity contribution in [2.45, 2.75) is 46.0 Å². The Morgan fingerprint density at radius 2 is 2.23 bits per heavy atom. The van der Waals surface area contributed by atoms with E-state index in [4.69, 9.17) is 0 Å². The van der Waals surface area contributed by atoms with Crippen molar-refractivity contribution in [3.05, 3.63) is 17.5 Å². The van der Waals surface area contributed by atoms with E-state index in [-0.39, 0.29) is 0 Å². The topological polar surface area (TPSA) is 28.7 Å². The minimum atomic E-state index is 0.363. The Labute approximate surface area is 79.7 Å². The number of aromatic nitrogens is 2. The number of aromatic amines is 1. The predicted molar refractivity (Wildman–Crippen MR) is 53.7 cm³/mol. The van der Waals surface area contributed by atoms with Crippen LogP contribution in [0.15, 0.2) is 6.20 Å². The molecule has 0 aromatic carbocycles. The standard InChI is InChI=1S/C11H18N2/c1-11(2,3)9-6-4-5-8-7-12-13-10(8)9/h7,9H,4-6H2,1-3H3,(H,12,13). The second-order valence-corrected chi connectivity index (χ2v) is 5.12. The number of hydrogen-bond acceptors (Lipinski definition) is 1. The fourth-order valence-electron chi connectivity index (χ4n) is 2.33. The van der Waals surface area contributed by atoms with Crippen molar-refractivity contribution in [1.29, 1.82) is 0 Å². The van der Waals surface area contributed by atoms with Gasteiger partial charge in [0.2, 0.25) is 0 Å². The first-order valence-corrected chi connectivity index (χ1v) is 5.11. The number of nitrogens with zero attached hydrogens (tertiary/aromatic N) is 1. The van der Waals surface area contributed by atoms with Crippen LogP contribution in [0.1, 0.15) is 50.8 Å². The number of nitrogens with one attached hydrogen (secondary N) is 1. The molecule has 1 aromatic rings. The summed E-state index contributed by atoms with van der Waals surface area (Å²) < 4.78 is 0. The smallest absolute Gasteiger partial charge is 0.0522 e. The lowest BCUT2D eigenvalue weighted by atomic mass is 9.72. The minimum absolute atomic E-state index is 0.363. The van der Waals surface area contributed by atoms with Gasteiger partial charge < -0.3 is 0 Å². The fraction of sp³-hybridized carbons (Fsp3) is 0.727. The Kier molecular flexibility index (Phi) is 1.94. The second kappa shape index (κ2) is 2.86. The molecule has 72 valence electrons. The highest BCUT2D eigenvalue weighted by atomic mass is 15.1. The van der Waals surface area contributed by atoms with Crippen LogP contribution in [0.5, 0.6) is 0 Å². The first-order valence-electron chi connectivity index (χ1n) is 5.11. The Morgan fingerprint density at radius 3 is 2.92 bits per heavy atom.